The quantitative estimate of drug-likeness (QED) is 0.445. The van der Waals surface area contributed by atoms with Crippen LogP contribution in [0.2, 0.25) is 0 Å². The van der Waals surface area contributed by atoms with Gasteiger partial charge in [-0.25, -0.2) is 9.69 Å². The number of imide groups is 2. The molecule has 4 amide bonds. The first-order valence-electron chi connectivity index (χ1n) is 8.91. The maximum absolute atomic E-state index is 13.0. The number of benzene rings is 2. The topological polar surface area (TPSA) is 75.7 Å². The third kappa shape index (κ3) is 4.59. The molecular formula is C21H18Br2N2O4. The van der Waals surface area contributed by atoms with E-state index in [9.17, 15) is 14.4 Å². The summed E-state index contributed by atoms with van der Waals surface area (Å²) >= 11 is 6.83. The fraction of sp³-hybridized carbons (Fsp3) is 0.190. The van der Waals surface area contributed by atoms with Gasteiger partial charge in [0, 0.05) is 4.47 Å². The van der Waals surface area contributed by atoms with Crippen LogP contribution in [0.15, 0.2) is 50.9 Å². The summed E-state index contributed by atoms with van der Waals surface area (Å²) in [5.74, 6) is -0.731. The lowest BCUT2D eigenvalue weighted by molar-refractivity contribution is -0.122. The largest absolute Gasteiger partial charge is 0.492 e. The van der Waals surface area contributed by atoms with Crippen LogP contribution in [0.3, 0.4) is 0 Å². The normalized spacial score (nSPS) is 15.7. The number of nitrogens with zero attached hydrogens (tertiary/aromatic N) is 1. The first-order chi connectivity index (χ1) is 13.8. The minimum Gasteiger partial charge on any atom is -0.492 e. The van der Waals surface area contributed by atoms with E-state index in [2.05, 4.69) is 37.2 Å². The maximum atomic E-state index is 13.0. The van der Waals surface area contributed by atoms with Gasteiger partial charge in [-0.05, 0) is 76.8 Å². The van der Waals surface area contributed by atoms with Gasteiger partial charge < -0.3 is 4.74 Å². The van der Waals surface area contributed by atoms with Crippen molar-refractivity contribution >= 4 is 61.5 Å². The van der Waals surface area contributed by atoms with E-state index in [1.165, 1.54) is 6.08 Å². The van der Waals surface area contributed by atoms with Gasteiger partial charge in [0.15, 0.2) is 0 Å². The third-order valence-corrected chi connectivity index (χ3v) is 5.74. The van der Waals surface area contributed by atoms with E-state index < -0.39 is 17.8 Å². The van der Waals surface area contributed by atoms with Gasteiger partial charge >= 0.3 is 6.03 Å². The van der Waals surface area contributed by atoms with Crippen molar-refractivity contribution in [3.63, 3.8) is 0 Å². The Bertz CT molecular complexity index is 1030. The number of halogens is 2. The summed E-state index contributed by atoms with van der Waals surface area (Å²) in [6.45, 7) is 4.45. The zero-order valence-electron chi connectivity index (χ0n) is 15.8. The van der Waals surface area contributed by atoms with Crippen LogP contribution in [-0.2, 0) is 9.59 Å². The fourth-order valence-corrected chi connectivity index (χ4v) is 3.52. The molecule has 1 N–H and O–H groups in total. The van der Waals surface area contributed by atoms with Crippen molar-refractivity contribution in [2.45, 2.75) is 20.3 Å². The molecule has 1 saturated heterocycles. The van der Waals surface area contributed by atoms with Crippen LogP contribution in [0.25, 0.3) is 6.08 Å². The van der Waals surface area contributed by atoms with Crippen LogP contribution in [0.5, 0.6) is 5.75 Å². The Kier molecular flexibility index (Phi) is 6.54. The van der Waals surface area contributed by atoms with Crippen molar-refractivity contribution in [2.24, 2.45) is 0 Å². The average Bonchev–Trinajstić information content (AvgIpc) is 2.67. The average molecular weight is 522 g/mol. The van der Waals surface area contributed by atoms with E-state index in [0.717, 1.165) is 21.4 Å². The van der Waals surface area contributed by atoms with Gasteiger partial charge in [-0.1, -0.05) is 28.9 Å². The summed E-state index contributed by atoms with van der Waals surface area (Å²) in [6, 6.07) is 9.57. The van der Waals surface area contributed by atoms with Gasteiger partial charge in [-0.15, -0.1) is 0 Å². The number of barbiturate groups is 1. The van der Waals surface area contributed by atoms with Crippen LogP contribution in [0.1, 0.15) is 24.5 Å². The number of amides is 4. The molecule has 0 bridgehead atoms. The van der Waals surface area contributed by atoms with Crippen LogP contribution in [-0.4, -0.2) is 24.5 Å². The number of urea groups is 1. The predicted molar refractivity (Wildman–Crippen MR) is 118 cm³/mol. The van der Waals surface area contributed by atoms with Crippen molar-refractivity contribution in [3.05, 3.63) is 62.0 Å². The molecule has 1 fully saturated rings. The number of rotatable bonds is 5. The van der Waals surface area contributed by atoms with Crippen molar-refractivity contribution in [3.8, 4) is 5.75 Å². The van der Waals surface area contributed by atoms with Gasteiger partial charge in [-0.3, -0.25) is 14.9 Å². The molecule has 0 saturated carbocycles. The first kappa shape index (κ1) is 21.3. The highest BCUT2D eigenvalue weighted by Gasteiger charge is 2.36. The Morgan fingerprint density at radius 2 is 1.83 bits per heavy atom. The molecule has 0 atom stereocenters. The smallest absolute Gasteiger partial charge is 0.335 e. The second kappa shape index (κ2) is 8.92. The van der Waals surface area contributed by atoms with E-state index in [-0.39, 0.29) is 5.57 Å². The standard InChI is InChI=1S/C21H18Br2N2O4/c1-3-8-29-18-7-4-13(11-17(18)23)10-15-19(26)24-21(28)25(20(15)27)14-5-6-16(22)12(2)9-14/h4-7,9-11H,3,8H2,1-2H3,(H,24,26,28)/b15-10-. The highest BCUT2D eigenvalue weighted by atomic mass is 79.9. The van der Waals surface area contributed by atoms with E-state index in [4.69, 9.17) is 4.74 Å². The number of carbonyl (C=O) groups excluding carboxylic acids is 3. The summed E-state index contributed by atoms with van der Waals surface area (Å²) in [6.07, 6.45) is 2.34. The summed E-state index contributed by atoms with van der Waals surface area (Å²) in [5, 5.41) is 2.23. The molecule has 0 radical (unpaired) electrons. The molecule has 8 heteroatoms. The van der Waals surface area contributed by atoms with E-state index >= 15 is 0 Å². The van der Waals surface area contributed by atoms with Crippen LogP contribution in [0, 0.1) is 6.92 Å². The molecule has 3 rings (SSSR count). The molecule has 1 heterocycles. The summed E-state index contributed by atoms with van der Waals surface area (Å²) < 4.78 is 7.18. The Morgan fingerprint density at radius 1 is 1.07 bits per heavy atom. The molecule has 0 aliphatic carbocycles. The molecule has 0 spiro atoms. The third-order valence-electron chi connectivity index (χ3n) is 4.23. The first-order valence-corrected chi connectivity index (χ1v) is 10.5. The molecule has 1 aliphatic heterocycles. The van der Waals surface area contributed by atoms with Crippen molar-refractivity contribution < 1.29 is 19.1 Å². The number of nitrogens with one attached hydrogen (secondary N) is 1. The Labute approximate surface area is 185 Å². The highest BCUT2D eigenvalue weighted by molar-refractivity contribution is 9.10. The number of aryl methyl sites for hydroxylation is 1. The second-order valence-corrected chi connectivity index (χ2v) is 8.14. The van der Waals surface area contributed by atoms with E-state index in [1.54, 1.807) is 36.4 Å². The Morgan fingerprint density at radius 3 is 2.48 bits per heavy atom. The summed E-state index contributed by atoms with van der Waals surface area (Å²) in [4.78, 5) is 38.6. The van der Waals surface area contributed by atoms with Crippen LogP contribution < -0.4 is 15.0 Å². The van der Waals surface area contributed by atoms with Gasteiger partial charge in [0.2, 0.25) is 0 Å². The monoisotopic (exact) mass is 520 g/mol. The molecule has 150 valence electrons. The minimum atomic E-state index is -0.775. The number of carbonyl (C=O) groups is 3. The lowest BCUT2D eigenvalue weighted by Gasteiger charge is -2.26. The van der Waals surface area contributed by atoms with Crippen molar-refractivity contribution in [1.29, 1.82) is 0 Å². The number of anilines is 1. The van der Waals surface area contributed by atoms with E-state index in [0.29, 0.717) is 28.1 Å². The molecule has 0 unspecified atom stereocenters. The minimum absolute atomic E-state index is 0.126. The Balaban J connectivity index is 1.95. The SMILES string of the molecule is CCCOc1ccc(/C=C2/C(=O)NC(=O)N(c3ccc(Br)c(C)c3)C2=O)cc1Br. The highest BCUT2D eigenvalue weighted by Crippen LogP contribution is 2.29. The van der Waals surface area contributed by atoms with Gasteiger partial charge in [0.05, 0.1) is 16.8 Å². The van der Waals surface area contributed by atoms with Crippen LogP contribution >= 0.6 is 31.9 Å². The molecule has 6 nitrogen and oxygen atoms in total. The van der Waals surface area contributed by atoms with E-state index in [1.807, 2.05) is 13.8 Å². The van der Waals surface area contributed by atoms with Gasteiger partial charge in [-0.2, -0.15) is 0 Å². The lowest BCUT2D eigenvalue weighted by Crippen LogP contribution is -2.54. The molecule has 1 aliphatic rings. The summed E-state index contributed by atoms with van der Waals surface area (Å²) in [5.41, 5.74) is 1.74. The van der Waals surface area contributed by atoms with Crippen LogP contribution in [0.4, 0.5) is 10.5 Å². The number of hydrogen-bond acceptors (Lipinski definition) is 4. The van der Waals surface area contributed by atoms with Gasteiger partial charge in [0.25, 0.3) is 11.8 Å². The maximum Gasteiger partial charge on any atom is 0.335 e. The van der Waals surface area contributed by atoms with Crippen molar-refractivity contribution in [1.82, 2.24) is 5.32 Å². The van der Waals surface area contributed by atoms with Crippen molar-refractivity contribution in [2.75, 3.05) is 11.5 Å². The second-order valence-electron chi connectivity index (χ2n) is 6.43. The lowest BCUT2D eigenvalue weighted by atomic mass is 10.1. The molecule has 2 aromatic carbocycles. The predicted octanol–water partition coefficient (Wildman–Crippen LogP) is 4.98. The molecule has 2 aromatic rings. The zero-order chi connectivity index (χ0) is 21.1. The molecule has 29 heavy (non-hydrogen) atoms. The van der Waals surface area contributed by atoms with Gasteiger partial charge in [0.1, 0.15) is 11.3 Å². The Hall–Kier alpha value is -2.45. The fourth-order valence-electron chi connectivity index (χ4n) is 2.76. The molecule has 0 aromatic heterocycles. The zero-order valence-corrected chi connectivity index (χ0v) is 19.0. The number of hydrogen-bond donors (Lipinski definition) is 1. The summed E-state index contributed by atoms with van der Waals surface area (Å²) in [7, 11) is 0. The molecular weight excluding hydrogens is 504 g/mol. The number of ether oxygens (including phenoxy) is 1.